The summed E-state index contributed by atoms with van der Waals surface area (Å²) in [6.45, 7) is 12.7. The van der Waals surface area contributed by atoms with Gasteiger partial charge in [0.2, 0.25) is 0 Å². The number of hydrogen-bond donors (Lipinski definition) is 1. The molecule has 0 saturated carbocycles. The SMILES string of the molecule is CC(C)(C)c1cccc(-c2[c-]c(-c3cccc(C(C)(C)C)c3O)ccc2)c1[NH-].C[N-]C.C[N-]C.C[N-]C.[Mo]. The molecule has 0 amide bonds. The van der Waals surface area contributed by atoms with Gasteiger partial charge in [0.15, 0.2) is 0 Å². The maximum absolute atomic E-state index is 10.9. The Morgan fingerprint density at radius 3 is 1.37 bits per heavy atom. The van der Waals surface area contributed by atoms with Crippen molar-refractivity contribution < 1.29 is 26.2 Å². The fraction of sp³-hybridized carbons (Fsp3) is 0.438. The minimum atomic E-state index is -0.146. The van der Waals surface area contributed by atoms with Gasteiger partial charge in [-0.2, -0.15) is 48.0 Å². The van der Waals surface area contributed by atoms with E-state index in [0.29, 0.717) is 11.4 Å². The number of phenols is 1. The minimum absolute atomic E-state index is 0. The van der Waals surface area contributed by atoms with Gasteiger partial charge >= 0.3 is 0 Å². The van der Waals surface area contributed by atoms with Crippen molar-refractivity contribution in [2.45, 2.75) is 52.4 Å². The Bertz CT molecular complexity index is 986. The topological polar surface area (TPSA) is 86.3 Å². The zero-order valence-corrected chi connectivity index (χ0v) is 27.4. The second-order valence-electron chi connectivity index (χ2n) is 10.7. The first-order chi connectivity index (χ1) is 17.2. The van der Waals surface area contributed by atoms with Crippen LogP contribution in [0.15, 0.2) is 54.6 Å². The number of para-hydroxylation sites is 1. The van der Waals surface area contributed by atoms with Crippen molar-refractivity contribution in [3.63, 3.8) is 0 Å². The summed E-state index contributed by atoms with van der Waals surface area (Å²) in [6.07, 6.45) is 0. The van der Waals surface area contributed by atoms with E-state index in [4.69, 9.17) is 5.73 Å². The first-order valence-corrected chi connectivity index (χ1v) is 12.4. The summed E-state index contributed by atoms with van der Waals surface area (Å²) < 4.78 is 0. The van der Waals surface area contributed by atoms with Gasteiger partial charge in [-0.05, 0) is 22.0 Å². The monoisotopic (exact) mass is 601 g/mol. The Kier molecular flexibility index (Phi) is 18.2. The predicted octanol–water partition coefficient (Wildman–Crippen LogP) is 9.66. The van der Waals surface area contributed by atoms with Crippen LogP contribution in [0.2, 0.25) is 0 Å². The first kappa shape index (κ1) is 38.0. The second kappa shape index (κ2) is 18.2. The zero-order valence-electron chi connectivity index (χ0n) is 25.4. The maximum Gasteiger partial charge on any atom is 0.0939 e. The molecule has 38 heavy (non-hydrogen) atoms. The van der Waals surface area contributed by atoms with E-state index in [1.807, 2.05) is 54.6 Å². The van der Waals surface area contributed by atoms with Crippen molar-refractivity contribution in [2.75, 3.05) is 42.3 Å². The van der Waals surface area contributed by atoms with Gasteiger partial charge in [-0.25, -0.2) is 0 Å². The van der Waals surface area contributed by atoms with E-state index >= 15 is 0 Å². The standard InChI is InChI=1S/C26H29NO.3C2H6N.Mo/c1-25(2,3)21-14-8-12-19(23(21)27)17-10-7-11-18(16-17)20-13-9-15-22(24(20)28)26(4,5)6;3*1-3-2;/h7-15,27-28H,1-6H3;3*1-2H3;/q-2;3*-1;. The van der Waals surface area contributed by atoms with E-state index < -0.39 is 0 Å². The molecule has 3 rings (SSSR count). The van der Waals surface area contributed by atoms with Crippen LogP contribution in [0.25, 0.3) is 43.9 Å². The Morgan fingerprint density at radius 1 is 0.605 bits per heavy atom. The summed E-state index contributed by atoms with van der Waals surface area (Å²) in [6, 6.07) is 21.2. The van der Waals surface area contributed by atoms with Crippen LogP contribution in [0.4, 0.5) is 5.69 Å². The largest absolute Gasteiger partial charge is 0.704 e. The Labute approximate surface area is 247 Å². The summed E-state index contributed by atoms with van der Waals surface area (Å²) in [7, 11) is 10.5. The summed E-state index contributed by atoms with van der Waals surface area (Å²) in [5.74, 6) is 0.304. The molecule has 3 aromatic rings. The quantitative estimate of drug-likeness (QED) is 0.231. The molecule has 0 spiro atoms. The van der Waals surface area contributed by atoms with Crippen LogP contribution in [-0.2, 0) is 31.9 Å². The van der Waals surface area contributed by atoms with Gasteiger partial charge in [-0.1, -0.05) is 89.1 Å². The van der Waals surface area contributed by atoms with Gasteiger partial charge in [0.05, 0.1) is 5.75 Å². The number of rotatable bonds is 2. The Balaban J connectivity index is 0. The van der Waals surface area contributed by atoms with E-state index in [-0.39, 0.29) is 31.9 Å². The van der Waals surface area contributed by atoms with Crippen LogP contribution in [-0.4, -0.2) is 47.4 Å². The molecule has 0 unspecified atom stereocenters. The molecule has 0 radical (unpaired) electrons. The molecule has 0 atom stereocenters. The normalized spacial score (nSPS) is 10.4. The van der Waals surface area contributed by atoms with Gasteiger partial charge in [0, 0.05) is 21.1 Å². The Hall–Kier alpha value is -2.17. The van der Waals surface area contributed by atoms with Gasteiger partial charge in [0.25, 0.3) is 0 Å². The van der Waals surface area contributed by atoms with Crippen molar-refractivity contribution in [1.29, 1.82) is 0 Å². The first-order valence-electron chi connectivity index (χ1n) is 12.4. The van der Waals surface area contributed by atoms with Crippen LogP contribution in [0.1, 0.15) is 52.7 Å². The predicted molar refractivity (Wildman–Crippen MR) is 165 cm³/mol. The molecule has 0 fully saturated rings. The third kappa shape index (κ3) is 11.7. The number of aromatic hydroxyl groups is 1. The Morgan fingerprint density at radius 2 is 0.947 bits per heavy atom. The molecule has 212 valence electrons. The van der Waals surface area contributed by atoms with Gasteiger partial charge in [0.1, 0.15) is 0 Å². The smallest absolute Gasteiger partial charge is 0.0939 e. The molecular weight excluding hydrogens is 552 g/mol. The van der Waals surface area contributed by atoms with Crippen LogP contribution in [0.3, 0.4) is 0 Å². The van der Waals surface area contributed by atoms with Crippen molar-refractivity contribution >= 4 is 5.69 Å². The molecule has 0 aliphatic carbocycles. The van der Waals surface area contributed by atoms with E-state index in [9.17, 15) is 5.11 Å². The van der Waals surface area contributed by atoms with Crippen LogP contribution >= 0.6 is 0 Å². The number of nitrogens with one attached hydrogen (secondary N) is 1. The second-order valence-corrected chi connectivity index (χ2v) is 10.7. The zero-order chi connectivity index (χ0) is 28.8. The van der Waals surface area contributed by atoms with E-state index in [0.717, 1.165) is 33.4 Å². The van der Waals surface area contributed by atoms with Crippen molar-refractivity contribution in [3.05, 3.63) is 93.5 Å². The molecule has 0 heterocycles. The van der Waals surface area contributed by atoms with Gasteiger partial charge in [-0.3, -0.25) is 0 Å². The van der Waals surface area contributed by atoms with Crippen LogP contribution < -0.4 is 0 Å². The molecule has 3 aromatic carbocycles. The number of hydrogen-bond acceptors (Lipinski definition) is 1. The fourth-order valence-electron chi connectivity index (χ4n) is 3.55. The maximum atomic E-state index is 10.9. The van der Waals surface area contributed by atoms with Crippen LogP contribution in [0, 0.1) is 6.07 Å². The van der Waals surface area contributed by atoms with Crippen molar-refractivity contribution in [3.8, 4) is 28.0 Å². The average molecular weight is 600 g/mol. The molecule has 0 aromatic heterocycles. The average Bonchev–Trinajstić information content (AvgIpc) is 2.79. The van der Waals surface area contributed by atoms with Gasteiger partial charge in [-0.15, -0.1) is 35.4 Å². The third-order valence-electron chi connectivity index (χ3n) is 5.09. The number of benzene rings is 3. The van der Waals surface area contributed by atoms with E-state index in [2.05, 4.69) is 63.6 Å². The fourth-order valence-corrected chi connectivity index (χ4v) is 3.55. The van der Waals surface area contributed by atoms with E-state index in [1.54, 1.807) is 42.3 Å². The molecular formula is C32H47MoN4O-5. The molecule has 0 aliphatic heterocycles. The molecule has 0 saturated heterocycles. The molecule has 5 nitrogen and oxygen atoms in total. The summed E-state index contributed by atoms with van der Waals surface area (Å²) in [5.41, 5.74) is 14.3. The number of nitrogens with zero attached hydrogens (tertiary/aromatic N) is 3. The van der Waals surface area contributed by atoms with Gasteiger partial charge < -0.3 is 26.8 Å². The minimum Gasteiger partial charge on any atom is -0.704 e. The summed E-state index contributed by atoms with van der Waals surface area (Å²) in [4.78, 5) is 0. The molecule has 6 heteroatoms. The third-order valence-corrected chi connectivity index (χ3v) is 5.09. The van der Waals surface area contributed by atoms with Crippen molar-refractivity contribution in [2.24, 2.45) is 0 Å². The number of phenolic OH excluding ortho intramolecular Hbond substituents is 1. The van der Waals surface area contributed by atoms with Crippen LogP contribution in [0.5, 0.6) is 5.75 Å². The molecule has 0 aliphatic rings. The molecule has 2 N–H and O–H groups in total. The summed E-state index contributed by atoms with van der Waals surface area (Å²) in [5, 5.41) is 21.4. The molecule has 0 bridgehead atoms. The van der Waals surface area contributed by atoms with Crippen molar-refractivity contribution in [1.82, 2.24) is 0 Å². The summed E-state index contributed by atoms with van der Waals surface area (Å²) >= 11 is 0. The van der Waals surface area contributed by atoms with E-state index in [1.165, 1.54) is 0 Å².